The molecule has 0 atom stereocenters. The Bertz CT molecular complexity index is 756. The second kappa shape index (κ2) is 8.86. The average Bonchev–Trinajstić information content (AvgIpc) is 3.14. The minimum absolute atomic E-state index is 0.104. The summed E-state index contributed by atoms with van der Waals surface area (Å²) in [5, 5.41) is 2.94. The Labute approximate surface area is 160 Å². The number of hydrogen-bond donors (Lipinski definition) is 2. The Morgan fingerprint density at radius 2 is 1.89 bits per heavy atom. The van der Waals surface area contributed by atoms with Crippen LogP contribution in [0.25, 0.3) is 0 Å². The van der Waals surface area contributed by atoms with Crippen LogP contribution in [-0.2, 0) is 11.3 Å². The van der Waals surface area contributed by atoms with Crippen LogP contribution < -0.4 is 20.5 Å². The molecule has 2 aromatic rings. The zero-order chi connectivity index (χ0) is 19.1. The summed E-state index contributed by atoms with van der Waals surface area (Å²) in [6, 6.07) is 11.1. The van der Waals surface area contributed by atoms with Gasteiger partial charge < -0.3 is 20.5 Å². The highest BCUT2D eigenvalue weighted by molar-refractivity contribution is 5.86. The van der Waals surface area contributed by atoms with Crippen LogP contribution in [0, 0.1) is 0 Å². The summed E-state index contributed by atoms with van der Waals surface area (Å²) in [6.07, 6.45) is 6.11. The van der Waals surface area contributed by atoms with Gasteiger partial charge in [-0.15, -0.1) is 0 Å². The molecule has 144 valence electrons. The van der Waals surface area contributed by atoms with Gasteiger partial charge in [-0.25, -0.2) is 4.98 Å². The second-order valence-corrected chi connectivity index (χ2v) is 6.94. The Balaban J connectivity index is 1.62. The van der Waals surface area contributed by atoms with Gasteiger partial charge in [-0.05, 0) is 49.6 Å². The normalized spacial score (nSPS) is 15.3. The third kappa shape index (κ3) is 4.98. The first-order valence-corrected chi connectivity index (χ1v) is 9.52. The molecule has 0 bridgehead atoms. The fraction of sp³-hybridized carbons (Fsp3) is 0.429. The number of pyridine rings is 1. The predicted octanol–water partition coefficient (Wildman–Crippen LogP) is 3.55. The number of nitrogens with zero attached hydrogens (tertiary/aromatic N) is 1. The van der Waals surface area contributed by atoms with Gasteiger partial charge >= 0.3 is 0 Å². The maximum atomic E-state index is 12.4. The molecule has 0 spiro atoms. The van der Waals surface area contributed by atoms with Crippen molar-refractivity contribution in [1.29, 1.82) is 0 Å². The van der Waals surface area contributed by atoms with Crippen LogP contribution >= 0.6 is 0 Å². The lowest BCUT2D eigenvalue weighted by Crippen LogP contribution is -2.51. The van der Waals surface area contributed by atoms with E-state index in [1.165, 1.54) is 0 Å². The highest BCUT2D eigenvalue weighted by atomic mass is 16.5. The standard InChI is InChI=1S/C21H27N3O3/c1-2-14-26-17-7-9-18(10-8-17)27-19-16(6-5-13-23-19)15-24-20(25)21(22)11-3-4-12-21/h5-10,13H,2-4,11-12,14-15,22H2,1H3,(H,24,25). The maximum Gasteiger partial charge on any atom is 0.240 e. The van der Waals surface area contributed by atoms with Gasteiger partial charge in [0.05, 0.1) is 12.1 Å². The highest BCUT2D eigenvalue weighted by Gasteiger charge is 2.36. The van der Waals surface area contributed by atoms with E-state index in [2.05, 4.69) is 17.2 Å². The first-order chi connectivity index (χ1) is 13.1. The van der Waals surface area contributed by atoms with Gasteiger partial charge in [0.1, 0.15) is 11.5 Å². The van der Waals surface area contributed by atoms with E-state index >= 15 is 0 Å². The molecular weight excluding hydrogens is 342 g/mol. The zero-order valence-corrected chi connectivity index (χ0v) is 15.7. The minimum atomic E-state index is -0.739. The molecular formula is C21H27N3O3. The molecule has 0 aliphatic heterocycles. The van der Waals surface area contributed by atoms with Gasteiger partial charge in [0.2, 0.25) is 11.8 Å². The van der Waals surface area contributed by atoms with Crippen molar-refractivity contribution in [2.45, 2.75) is 51.1 Å². The topological polar surface area (TPSA) is 86.5 Å². The van der Waals surface area contributed by atoms with Crippen molar-refractivity contribution < 1.29 is 14.3 Å². The lowest BCUT2D eigenvalue weighted by atomic mass is 9.98. The molecule has 0 radical (unpaired) electrons. The zero-order valence-electron chi connectivity index (χ0n) is 15.7. The first kappa shape index (κ1) is 19.2. The van der Waals surface area contributed by atoms with E-state index in [0.717, 1.165) is 43.4 Å². The number of nitrogens with two attached hydrogens (primary N) is 1. The van der Waals surface area contributed by atoms with Gasteiger partial charge in [0, 0.05) is 18.3 Å². The fourth-order valence-corrected chi connectivity index (χ4v) is 3.17. The van der Waals surface area contributed by atoms with Crippen molar-refractivity contribution in [2.24, 2.45) is 5.73 Å². The molecule has 1 heterocycles. The quantitative estimate of drug-likeness (QED) is 0.743. The molecule has 6 heteroatoms. The van der Waals surface area contributed by atoms with Gasteiger partial charge in [-0.1, -0.05) is 25.8 Å². The van der Waals surface area contributed by atoms with Gasteiger partial charge in [0.15, 0.2) is 0 Å². The third-order valence-electron chi connectivity index (χ3n) is 4.75. The molecule has 27 heavy (non-hydrogen) atoms. The monoisotopic (exact) mass is 369 g/mol. The molecule has 0 saturated heterocycles. The lowest BCUT2D eigenvalue weighted by Gasteiger charge is -2.22. The predicted molar refractivity (Wildman–Crippen MR) is 104 cm³/mol. The van der Waals surface area contributed by atoms with Crippen molar-refractivity contribution in [2.75, 3.05) is 6.61 Å². The summed E-state index contributed by atoms with van der Waals surface area (Å²) in [5.41, 5.74) is 6.27. The number of carbonyl (C=O) groups is 1. The Kier molecular flexibility index (Phi) is 6.29. The van der Waals surface area contributed by atoms with Gasteiger partial charge in [0.25, 0.3) is 0 Å². The van der Waals surface area contributed by atoms with Crippen LogP contribution in [0.5, 0.6) is 17.4 Å². The van der Waals surface area contributed by atoms with Crippen LogP contribution in [0.15, 0.2) is 42.6 Å². The van der Waals surface area contributed by atoms with E-state index in [0.29, 0.717) is 24.8 Å². The van der Waals surface area contributed by atoms with Crippen LogP contribution in [-0.4, -0.2) is 23.0 Å². The van der Waals surface area contributed by atoms with E-state index in [9.17, 15) is 4.79 Å². The molecule has 1 fully saturated rings. The molecule has 3 N–H and O–H groups in total. The van der Waals surface area contributed by atoms with Crippen molar-refractivity contribution >= 4 is 5.91 Å². The summed E-state index contributed by atoms with van der Waals surface area (Å²) >= 11 is 0. The Morgan fingerprint density at radius 3 is 2.59 bits per heavy atom. The molecule has 1 saturated carbocycles. The van der Waals surface area contributed by atoms with Gasteiger partial charge in [-0.2, -0.15) is 0 Å². The van der Waals surface area contributed by atoms with Crippen LogP contribution in [0.2, 0.25) is 0 Å². The number of nitrogens with one attached hydrogen (secondary N) is 1. The number of benzene rings is 1. The number of amides is 1. The summed E-state index contributed by atoms with van der Waals surface area (Å²) in [7, 11) is 0. The summed E-state index contributed by atoms with van der Waals surface area (Å²) < 4.78 is 11.5. The second-order valence-electron chi connectivity index (χ2n) is 6.94. The number of hydrogen-bond acceptors (Lipinski definition) is 5. The van der Waals surface area contributed by atoms with E-state index < -0.39 is 5.54 Å². The van der Waals surface area contributed by atoms with Crippen LogP contribution in [0.1, 0.15) is 44.6 Å². The summed E-state index contributed by atoms with van der Waals surface area (Å²) in [6.45, 7) is 3.09. The number of rotatable bonds is 8. The van der Waals surface area contributed by atoms with Crippen LogP contribution in [0.3, 0.4) is 0 Å². The third-order valence-corrected chi connectivity index (χ3v) is 4.75. The first-order valence-electron chi connectivity index (χ1n) is 9.52. The maximum absolute atomic E-state index is 12.4. The lowest BCUT2D eigenvalue weighted by molar-refractivity contribution is -0.126. The molecule has 1 aliphatic rings. The van der Waals surface area contributed by atoms with E-state index in [4.69, 9.17) is 15.2 Å². The Hall–Kier alpha value is -2.60. The van der Waals surface area contributed by atoms with Crippen molar-refractivity contribution in [1.82, 2.24) is 10.3 Å². The SMILES string of the molecule is CCCOc1ccc(Oc2ncccc2CNC(=O)C2(N)CCCC2)cc1. The highest BCUT2D eigenvalue weighted by Crippen LogP contribution is 2.28. The molecule has 1 amide bonds. The van der Waals surface area contributed by atoms with Crippen molar-refractivity contribution in [3.63, 3.8) is 0 Å². The molecule has 3 rings (SSSR count). The van der Waals surface area contributed by atoms with Gasteiger partial charge in [-0.3, -0.25) is 4.79 Å². The molecule has 1 aliphatic carbocycles. The fourth-order valence-electron chi connectivity index (χ4n) is 3.17. The molecule has 1 aromatic carbocycles. The Morgan fingerprint density at radius 1 is 1.19 bits per heavy atom. The van der Waals surface area contributed by atoms with E-state index in [-0.39, 0.29) is 5.91 Å². The molecule has 6 nitrogen and oxygen atoms in total. The number of aromatic nitrogens is 1. The summed E-state index contributed by atoms with van der Waals surface area (Å²) in [5.74, 6) is 1.84. The largest absolute Gasteiger partial charge is 0.494 e. The van der Waals surface area contributed by atoms with E-state index in [1.54, 1.807) is 6.20 Å². The molecule has 1 aromatic heterocycles. The summed E-state index contributed by atoms with van der Waals surface area (Å²) in [4.78, 5) is 16.7. The van der Waals surface area contributed by atoms with Crippen LogP contribution in [0.4, 0.5) is 0 Å². The minimum Gasteiger partial charge on any atom is -0.494 e. The smallest absolute Gasteiger partial charge is 0.240 e. The van der Waals surface area contributed by atoms with Crippen molar-refractivity contribution in [3.8, 4) is 17.4 Å². The molecule has 0 unspecified atom stereocenters. The number of carbonyl (C=O) groups excluding carboxylic acids is 1. The van der Waals surface area contributed by atoms with Crippen molar-refractivity contribution in [3.05, 3.63) is 48.2 Å². The van der Waals surface area contributed by atoms with E-state index in [1.807, 2.05) is 36.4 Å². The number of ether oxygens (including phenoxy) is 2. The average molecular weight is 369 g/mol.